The Hall–Kier alpha value is 2.74. The van der Waals surface area contributed by atoms with E-state index in [9.17, 15) is 13.0 Å². The standard InChI is InChI=1S/C12H26O4S.C8H18.3Na.H2O4S/c1-2-3-4-5-6-7-8-9-10-11-12-16-17(13,14)15;1-3-5-7-8-6-4-2;;;;1-5(2,3)4/h2-12H2,1H3,(H,13,14,15);3-8H2,1-2H3;;;;(H2,1,2,3,4)/q;;3*+1;/p-3. The second-order valence-electron chi connectivity index (χ2n) is 7.23. The molecule has 0 N–H and O–H groups in total. The number of hydrogen-bond donors (Lipinski definition) is 0. The molecule has 0 saturated carbocycles. The van der Waals surface area contributed by atoms with Gasteiger partial charge in [0, 0.05) is 10.4 Å². The molecule has 186 valence electrons. The Kier molecular flexibility index (Phi) is 54.5. The summed E-state index contributed by atoms with van der Waals surface area (Å²) in [5, 5.41) is 0. The Labute approximate surface area is 271 Å². The van der Waals surface area contributed by atoms with Crippen molar-refractivity contribution in [2.24, 2.45) is 0 Å². The summed E-state index contributed by atoms with van der Waals surface area (Å²) in [5.41, 5.74) is 0. The summed E-state index contributed by atoms with van der Waals surface area (Å²) in [7, 11) is -9.65. The average Bonchev–Trinajstić information content (AvgIpc) is 2.62. The zero-order chi connectivity index (χ0) is 23.7. The summed E-state index contributed by atoms with van der Waals surface area (Å²) in [6.45, 7) is 6.75. The van der Waals surface area contributed by atoms with Gasteiger partial charge in [-0.25, -0.2) is 8.42 Å². The summed E-state index contributed by atoms with van der Waals surface area (Å²) in [6.07, 6.45) is 20.2. The number of unbranched alkanes of at least 4 members (excludes halogenated alkanes) is 14. The van der Waals surface area contributed by atoms with Crippen LogP contribution in [0.3, 0.4) is 0 Å². The van der Waals surface area contributed by atoms with Gasteiger partial charge < -0.3 is 13.7 Å². The summed E-state index contributed by atoms with van der Waals surface area (Å²) in [4.78, 5) is 0. The van der Waals surface area contributed by atoms with Crippen LogP contribution in [0.15, 0.2) is 0 Å². The van der Waals surface area contributed by atoms with Gasteiger partial charge in [0.1, 0.15) is 0 Å². The minimum atomic E-state index is -5.17. The summed E-state index contributed by atoms with van der Waals surface area (Å²) in [5.74, 6) is 0. The molecule has 0 atom stereocenters. The molecule has 0 aliphatic heterocycles. The van der Waals surface area contributed by atoms with Crippen LogP contribution >= 0.6 is 0 Å². The summed E-state index contributed by atoms with van der Waals surface area (Å²) in [6, 6.07) is 0. The molecule has 0 aromatic heterocycles. The fraction of sp³-hybridized carbons (Fsp3) is 1.00. The van der Waals surface area contributed by atoms with Crippen molar-refractivity contribution in [1.29, 1.82) is 0 Å². The summed E-state index contributed by atoms with van der Waals surface area (Å²) < 4.78 is 68.5. The van der Waals surface area contributed by atoms with Gasteiger partial charge in [-0.2, -0.15) is 0 Å². The summed E-state index contributed by atoms with van der Waals surface area (Å²) >= 11 is 0. The molecule has 0 aliphatic rings. The molecule has 0 aromatic carbocycles. The first-order chi connectivity index (χ1) is 14.0. The molecule has 8 nitrogen and oxygen atoms in total. The van der Waals surface area contributed by atoms with E-state index < -0.39 is 20.8 Å². The van der Waals surface area contributed by atoms with Gasteiger partial charge in [0.25, 0.3) is 0 Å². The quantitative estimate of drug-likeness (QED) is 0.0791. The molecule has 0 rings (SSSR count). The SMILES string of the molecule is CCCCCCCC.CCCCCCCCCCCCOS(=O)(=O)[O-].O=S(=O)([O-])[O-].[Na+].[Na+].[Na+]. The van der Waals surface area contributed by atoms with Gasteiger partial charge >= 0.3 is 88.7 Å². The Balaban J connectivity index is -0.0000000960. The van der Waals surface area contributed by atoms with Crippen LogP contribution in [0.4, 0.5) is 0 Å². The van der Waals surface area contributed by atoms with E-state index in [-0.39, 0.29) is 95.3 Å². The van der Waals surface area contributed by atoms with Crippen LogP contribution in [-0.2, 0) is 25.0 Å². The maximum absolute atomic E-state index is 10.1. The Morgan fingerprint density at radius 1 is 0.485 bits per heavy atom. The van der Waals surface area contributed by atoms with E-state index in [0.29, 0.717) is 6.42 Å². The Morgan fingerprint density at radius 2 is 0.697 bits per heavy atom. The molecule has 0 heterocycles. The third kappa shape index (κ3) is 78.8. The van der Waals surface area contributed by atoms with Crippen molar-refractivity contribution in [3.05, 3.63) is 0 Å². The first-order valence-corrected chi connectivity index (χ1v) is 13.9. The first kappa shape index (κ1) is 48.8. The molecule has 0 spiro atoms. The third-order valence-corrected chi connectivity index (χ3v) is 4.64. The fourth-order valence-corrected chi connectivity index (χ4v) is 2.93. The molecule has 0 bridgehead atoms. The van der Waals surface area contributed by atoms with Gasteiger partial charge in [-0.3, -0.25) is 12.6 Å². The molecule has 0 unspecified atom stereocenters. The van der Waals surface area contributed by atoms with Crippen LogP contribution in [0.25, 0.3) is 0 Å². The smallest absolute Gasteiger partial charge is 0.759 e. The van der Waals surface area contributed by atoms with Crippen LogP contribution < -0.4 is 88.7 Å². The van der Waals surface area contributed by atoms with Crippen molar-refractivity contribution in [3.63, 3.8) is 0 Å². The Morgan fingerprint density at radius 3 is 0.909 bits per heavy atom. The monoisotopic (exact) mass is 544 g/mol. The van der Waals surface area contributed by atoms with Crippen molar-refractivity contribution >= 4 is 20.8 Å². The molecule has 0 saturated heterocycles. The van der Waals surface area contributed by atoms with Crippen molar-refractivity contribution in [2.75, 3.05) is 6.61 Å². The van der Waals surface area contributed by atoms with E-state index in [1.165, 1.54) is 83.5 Å². The minimum absolute atomic E-state index is 0. The second kappa shape index (κ2) is 36.9. The van der Waals surface area contributed by atoms with Gasteiger partial charge in [-0.15, -0.1) is 0 Å². The predicted octanol–water partition coefficient (Wildman–Crippen LogP) is -3.58. The van der Waals surface area contributed by atoms with E-state index in [1.807, 2.05) is 0 Å². The molecular formula is C20H43Na3O8S2. The van der Waals surface area contributed by atoms with Crippen molar-refractivity contribution < 1.29 is 123 Å². The maximum Gasteiger partial charge on any atom is 1.00 e. The van der Waals surface area contributed by atoms with Gasteiger partial charge in [0.2, 0.25) is 10.4 Å². The van der Waals surface area contributed by atoms with Crippen LogP contribution in [0.1, 0.15) is 124 Å². The number of rotatable bonds is 17. The van der Waals surface area contributed by atoms with E-state index in [2.05, 4.69) is 25.0 Å². The third-order valence-electron chi connectivity index (χ3n) is 4.18. The van der Waals surface area contributed by atoms with Crippen molar-refractivity contribution in [3.8, 4) is 0 Å². The first-order valence-electron chi connectivity index (χ1n) is 11.2. The van der Waals surface area contributed by atoms with E-state index in [0.717, 1.165) is 12.8 Å². The van der Waals surface area contributed by atoms with Gasteiger partial charge in [-0.05, 0) is 6.42 Å². The molecule has 0 aromatic rings. The minimum Gasteiger partial charge on any atom is -0.759 e. The zero-order valence-electron chi connectivity index (χ0n) is 22.1. The van der Waals surface area contributed by atoms with E-state index in [4.69, 9.17) is 17.5 Å². The maximum atomic E-state index is 10.1. The van der Waals surface area contributed by atoms with Gasteiger partial charge in [0.05, 0.1) is 6.61 Å². The van der Waals surface area contributed by atoms with Crippen LogP contribution in [0.2, 0.25) is 0 Å². The van der Waals surface area contributed by atoms with Gasteiger partial charge in [0.15, 0.2) is 0 Å². The largest absolute Gasteiger partial charge is 1.00 e. The molecule has 0 fully saturated rings. The second-order valence-corrected chi connectivity index (χ2v) is 9.10. The van der Waals surface area contributed by atoms with E-state index in [1.54, 1.807) is 0 Å². The molecule has 0 radical (unpaired) electrons. The van der Waals surface area contributed by atoms with Crippen molar-refractivity contribution in [1.82, 2.24) is 0 Å². The van der Waals surface area contributed by atoms with Crippen molar-refractivity contribution in [2.45, 2.75) is 124 Å². The normalized spacial score (nSPS) is 10.2. The average molecular weight is 545 g/mol. The predicted molar refractivity (Wildman–Crippen MR) is 117 cm³/mol. The molecular weight excluding hydrogens is 501 g/mol. The zero-order valence-corrected chi connectivity index (χ0v) is 29.7. The van der Waals surface area contributed by atoms with Gasteiger partial charge in [-0.1, -0.05) is 117 Å². The van der Waals surface area contributed by atoms with Crippen LogP contribution in [-0.4, -0.2) is 37.1 Å². The fourth-order valence-electron chi connectivity index (χ4n) is 2.60. The Bertz CT molecular complexity index is 519. The molecule has 33 heavy (non-hydrogen) atoms. The number of hydrogen-bond acceptors (Lipinski definition) is 8. The van der Waals surface area contributed by atoms with E-state index >= 15 is 0 Å². The van der Waals surface area contributed by atoms with Crippen LogP contribution in [0.5, 0.6) is 0 Å². The topological polar surface area (TPSA) is 147 Å². The molecule has 0 amide bonds. The molecule has 0 aliphatic carbocycles. The van der Waals surface area contributed by atoms with Crippen LogP contribution in [0, 0.1) is 0 Å². The molecule has 13 heteroatoms.